The molecule has 424 valence electrons. The lowest BCUT2D eigenvalue weighted by Gasteiger charge is -2.40. The molecule has 1 heterocycles. The third kappa shape index (κ3) is 42.0. The van der Waals surface area contributed by atoms with Crippen LogP contribution in [0.25, 0.3) is 0 Å². The van der Waals surface area contributed by atoms with Gasteiger partial charge in [0, 0.05) is 6.42 Å². The Morgan fingerprint density at radius 1 is 0.473 bits per heavy atom. The SMILES string of the molecule is CC/C=C\C/C=C\C/C=C\C/C=C\C/C=C\C/C=C\C/C=C\CCCCCCCCCCCCCCCCCCCCCC(=O)NC(COC1OC(CO)C(O)C(O)C1O)C(O)/C=C/CC/C=C/CCCCCC. The molecule has 1 aliphatic rings. The third-order valence-corrected chi connectivity index (χ3v) is 13.6. The normalized spacial score (nSPS) is 19.8. The van der Waals surface area contributed by atoms with Crippen molar-refractivity contribution in [1.29, 1.82) is 0 Å². The largest absolute Gasteiger partial charge is 0.394 e. The highest BCUT2D eigenvalue weighted by Gasteiger charge is 2.44. The molecule has 1 aliphatic heterocycles. The first-order valence-corrected chi connectivity index (χ1v) is 30.1. The van der Waals surface area contributed by atoms with Crippen molar-refractivity contribution in [2.75, 3.05) is 13.2 Å². The third-order valence-electron chi connectivity index (χ3n) is 13.6. The van der Waals surface area contributed by atoms with Gasteiger partial charge in [0.1, 0.15) is 24.4 Å². The van der Waals surface area contributed by atoms with Gasteiger partial charge < -0.3 is 40.3 Å². The highest BCUT2D eigenvalue weighted by Crippen LogP contribution is 2.23. The smallest absolute Gasteiger partial charge is 0.220 e. The first-order chi connectivity index (χ1) is 36.3. The Bertz CT molecular complexity index is 1530. The topological polar surface area (TPSA) is 149 Å². The number of carbonyl (C=O) groups excluding carboxylic acids is 1. The number of carbonyl (C=O) groups is 1. The van der Waals surface area contributed by atoms with Crippen molar-refractivity contribution < 1.29 is 39.8 Å². The van der Waals surface area contributed by atoms with Crippen molar-refractivity contribution in [3.63, 3.8) is 0 Å². The molecule has 1 saturated heterocycles. The monoisotopic (exact) mass is 1030 g/mol. The molecule has 0 saturated carbocycles. The number of hydrogen-bond donors (Lipinski definition) is 6. The minimum atomic E-state index is -1.57. The summed E-state index contributed by atoms with van der Waals surface area (Å²) in [6, 6.07) is -0.823. The van der Waals surface area contributed by atoms with Crippen LogP contribution in [0.15, 0.2) is 109 Å². The summed E-state index contributed by atoms with van der Waals surface area (Å²) in [6.45, 7) is 3.60. The van der Waals surface area contributed by atoms with E-state index in [1.54, 1.807) is 6.08 Å². The van der Waals surface area contributed by atoms with E-state index in [4.69, 9.17) is 9.47 Å². The molecule has 0 aromatic rings. The Labute approximate surface area is 453 Å². The van der Waals surface area contributed by atoms with Crippen LogP contribution in [0.5, 0.6) is 0 Å². The van der Waals surface area contributed by atoms with Gasteiger partial charge in [-0.15, -0.1) is 0 Å². The molecule has 0 aromatic carbocycles. The molecule has 1 rings (SSSR count). The van der Waals surface area contributed by atoms with Crippen molar-refractivity contribution in [2.45, 2.75) is 281 Å². The predicted molar refractivity (Wildman–Crippen MR) is 313 cm³/mol. The van der Waals surface area contributed by atoms with E-state index in [0.717, 1.165) is 83.5 Å². The molecule has 74 heavy (non-hydrogen) atoms. The van der Waals surface area contributed by atoms with Crippen LogP contribution in [0.1, 0.15) is 239 Å². The molecule has 0 aliphatic carbocycles. The number of hydrogen-bond acceptors (Lipinski definition) is 8. The maximum atomic E-state index is 13.0. The number of allylic oxidation sites excluding steroid dienone is 17. The Balaban J connectivity index is 2.04. The average Bonchev–Trinajstić information content (AvgIpc) is 3.40. The quantitative estimate of drug-likeness (QED) is 0.0261. The zero-order valence-electron chi connectivity index (χ0n) is 47.1. The number of nitrogens with one attached hydrogen (secondary N) is 1. The number of ether oxygens (including phenoxy) is 2. The first-order valence-electron chi connectivity index (χ1n) is 30.1. The van der Waals surface area contributed by atoms with Gasteiger partial charge in [0.15, 0.2) is 6.29 Å². The van der Waals surface area contributed by atoms with Gasteiger partial charge in [-0.05, 0) is 89.9 Å². The maximum Gasteiger partial charge on any atom is 0.220 e. The zero-order valence-corrected chi connectivity index (χ0v) is 47.1. The molecule has 7 unspecified atom stereocenters. The van der Waals surface area contributed by atoms with Crippen molar-refractivity contribution in [2.24, 2.45) is 0 Å². The number of rotatable bonds is 50. The van der Waals surface area contributed by atoms with Crippen LogP contribution in [-0.2, 0) is 14.3 Å². The summed E-state index contributed by atoms with van der Waals surface area (Å²) in [6.07, 6.45) is 72.0. The molecule has 0 bridgehead atoms. The highest BCUT2D eigenvalue weighted by atomic mass is 16.7. The van der Waals surface area contributed by atoms with E-state index in [-0.39, 0.29) is 12.5 Å². The van der Waals surface area contributed by atoms with Gasteiger partial charge in [0.2, 0.25) is 5.91 Å². The Kier molecular flexibility index (Phi) is 49.6. The molecule has 6 N–H and O–H groups in total. The fourth-order valence-corrected chi connectivity index (χ4v) is 8.86. The summed E-state index contributed by atoms with van der Waals surface area (Å²) in [7, 11) is 0. The van der Waals surface area contributed by atoms with Crippen LogP contribution < -0.4 is 5.32 Å². The molecule has 1 amide bonds. The highest BCUT2D eigenvalue weighted by molar-refractivity contribution is 5.76. The lowest BCUT2D eigenvalue weighted by molar-refractivity contribution is -0.302. The van der Waals surface area contributed by atoms with Crippen LogP contribution in [-0.4, -0.2) is 87.5 Å². The lowest BCUT2D eigenvalue weighted by Crippen LogP contribution is -2.60. The number of unbranched alkanes of at least 4 members (excludes halogenated alkanes) is 24. The second kappa shape index (κ2) is 53.3. The van der Waals surface area contributed by atoms with E-state index in [9.17, 15) is 30.3 Å². The summed E-state index contributed by atoms with van der Waals surface area (Å²) >= 11 is 0. The van der Waals surface area contributed by atoms with E-state index in [2.05, 4.69) is 116 Å². The van der Waals surface area contributed by atoms with Crippen molar-refractivity contribution in [3.8, 4) is 0 Å². The Hall–Kier alpha value is -3.15. The summed E-state index contributed by atoms with van der Waals surface area (Å²) in [4.78, 5) is 13.0. The lowest BCUT2D eigenvalue weighted by atomic mass is 9.99. The van der Waals surface area contributed by atoms with Crippen LogP contribution >= 0.6 is 0 Å². The van der Waals surface area contributed by atoms with E-state index in [1.165, 1.54) is 135 Å². The number of aliphatic hydroxyl groups is 5. The second-order valence-electron chi connectivity index (χ2n) is 20.4. The van der Waals surface area contributed by atoms with Crippen LogP contribution in [0.4, 0.5) is 0 Å². The molecule has 7 atom stereocenters. The second-order valence-corrected chi connectivity index (χ2v) is 20.4. The van der Waals surface area contributed by atoms with E-state index < -0.39 is 49.5 Å². The summed E-state index contributed by atoms with van der Waals surface area (Å²) in [5, 5.41) is 54.2. The molecule has 0 radical (unpaired) electrons. The minimum absolute atomic E-state index is 0.190. The van der Waals surface area contributed by atoms with Crippen molar-refractivity contribution >= 4 is 5.91 Å². The number of aliphatic hydroxyl groups excluding tert-OH is 5. The molecule has 9 nitrogen and oxygen atoms in total. The number of amides is 1. The standard InChI is InChI=1S/C65H111NO8/c1-3-5-7-9-11-13-15-16-17-18-19-20-21-22-23-24-25-26-27-28-29-30-31-32-33-34-35-36-37-38-39-40-41-42-43-44-45-47-49-51-53-55-61(69)66-58(57-73-65-64(72)63(71)62(70)60(56-67)74-65)59(68)54-52-50-48-46-14-12-10-8-6-4-2/h5,7,11,13-14,16-17,19-20,22-23,25-26,28-29,46,52,54,58-60,62-65,67-68,70-72H,3-4,6,8-10,12,15,18,21,24,27,30-45,47-51,53,55-57H2,1-2H3,(H,66,69)/b7-5-,13-11-,17-16-,20-19-,23-22-,26-25-,29-28-,46-14+,54-52+. The fourth-order valence-electron chi connectivity index (χ4n) is 8.86. The van der Waals surface area contributed by atoms with Gasteiger partial charge in [-0.25, -0.2) is 0 Å². The van der Waals surface area contributed by atoms with Gasteiger partial charge in [-0.2, -0.15) is 0 Å². The van der Waals surface area contributed by atoms with E-state index in [1.807, 2.05) is 6.08 Å². The molecule has 0 aromatic heterocycles. The zero-order chi connectivity index (χ0) is 53.6. The van der Waals surface area contributed by atoms with Gasteiger partial charge in [-0.1, -0.05) is 252 Å². The van der Waals surface area contributed by atoms with Crippen LogP contribution in [0, 0.1) is 0 Å². The minimum Gasteiger partial charge on any atom is -0.394 e. The molecular weight excluding hydrogens is 923 g/mol. The predicted octanol–water partition coefficient (Wildman–Crippen LogP) is 15.3. The van der Waals surface area contributed by atoms with Crippen LogP contribution in [0.2, 0.25) is 0 Å². The van der Waals surface area contributed by atoms with Gasteiger partial charge in [0.05, 0.1) is 25.4 Å². The van der Waals surface area contributed by atoms with Gasteiger partial charge in [-0.3, -0.25) is 4.79 Å². The van der Waals surface area contributed by atoms with Crippen LogP contribution in [0.3, 0.4) is 0 Å². The molecule has 9 heteroatoms. The Morgan fingerprint density at radius 3 is 1.30 bits per heavy atom. The van der Waals surface area contributed by atoms with Crippen molar-refractivity contribution in [1.82, 2.24) is 5.32 Å². The average molecular weight is 1030 g/mol. The van der Waals surface area contributed by atoms with Gasteiger partial charge in [0.25, 0.3) is 0 Å². The fraction of sp³-hybridized carbons (Fsp3) is 0.708. The van der Waals surface area contributed by atoms with E-state index >= 15 is 0 Å². The van der Waals surface area contributed by atoms with Gasteiger partial charge >= 0.3 is 0 Å². The summed E-state index contributed by atoms with van der Waals surface area (Å²) in [5.74, 6) is -0.190. The first kappa shape index (κ1) is 68.9. The molecule has 1 fully saturated rings. The summed E-state index contributed by atoms with van der Waals surface area (Å²) in [5.41, 5.74) is 0. The van der Waals surface area contributed by atoms with E-state index in [0.29, 0.717) is 6.42 Å². The molecule has 0 spiro atoms. The Morgan fingerprint density at radius 2 is 0.851 bits per heavy atom. The summed E-state index contributed by atoms with van der Waals surface area (Å²) < 4.78 is 11.2. The maximum absolute atomic E-state index is 13.0. The van der Waals surface area contributed by atoms with Crippen molar-refractivity contribution in [3.05, 3.63) is 109 Å². The molecular formula is C65H111NO8.